The van der Waals surface area contributed by atoms with Crippen LogP contribution in [0.1, 0.15) is 52.4 Å². The van der Waals surface area contributed by atoms with Crippen molar-refractivity contribution in [3.8, 4) is 0 Å². The van der Waals surface area contributed by atoms with Crippen LogP contribution < -0.4 is 0 Å². The molecule has 1 heteroatoms. The average molecular weight is 182 g/mol. The van der Waals surface area contributed by atoms with E-state index in [0.29, 0.717) is 6.10 Å². The number of allylic oxidation sites excluding steroid dienone is 1. The zero-order chi connectivity index (χ0) is 9.52. The van der Waals surface area contributed by atoms with E-state index in [1.54, 1.807) is 5.57 Å². The molecular formula is C12H22O. The quantitative estimate of drug-likeness (QED) is 0.449. The Balaban J connectivity index is 2.22. The molecule has 0 N–H and O–H groups in total. The minimum absolute atomic E-state index is 0.460. The topological polar surface area (TPSA) is 9.23 Å². The number of hydrogen-bond donors (Lipinski definition) is 0. The van der Waals surface area contributed by atoms with Crippen LogP contribution >= 0.6 is 0 Å². The number of unbranched alkanes of at least 4 members (excludes halogenated alkanes) is 2. The maximum absolute atomic E-state index is 5.68. The van der Waals surface area contributed by atoms with Crippen LogP contribution in [0.3, 0.4) is 0 Å². The number of rotatable bonds is 6. The van der Waals surface area contributed by atoms with E-state index >= 15 is 0 Å². The van der Waals surface area contributed by atoms with Gasteiger partial charge in [0.2, 0.25) is 0 Å². The molecule has 1 unspecified atom stereocenters. The SMILES string of the molecule is CCCCCC1=CCCC1OCC. The van der Waals surface area contributed by atoms with Gasteiger partial charge in [-0.05, 0) is 38.2 Å². The highest BCUT2D eigenvalue weighted by atomic mass is 16.5. The van der Waals surface area contributed by atoms with E-state index < -0.39 is 0 Å². The molecule has 0 amide bonds. The molecular weight excluding hydrogens is 160 g/mol. The highest BCUT2D eigenvalue weighted by Crippen LogP contribution is 2.26. The van der Waals surface area contributed by atoms with Crippen LogP contribution in [0.4, 0.5) is 0 Å². The molecule has 0 heterocycles. The molecule has 0 saturated heterocycles. The van der Waals surface area contributed by atoms with Crippen LogP contribution in [0.5, 0.6) is 0 Å². The van der Waals surface area contributed by atoms with E-state index in [2.05, 4.69) is 19.9 Å². The molecule has 0 aromatic carbocycles. The molecule has 0 aliphatic heterocycles. The van der Waals surface area contributed by atoms with Gasteiger partial charge in [0.15, 0.2) is 0 Å². The molecule has 1 nitrogen and oxygen atoms in total. The second kappa shape index (κ2) is 6.20. The maximum atomic E-state index is 5.68. The highest BCUT2D eigenvalue weighted by molar-refractivity contribution is 5.14. The third-order valence-electron chi connectivity index (χ3n) is 2.69. The zero-order valence-electron chi connectivity index (χ0n) is 9.01. The first kappa shape index (κ1) is 10.8. The standard InChI is InChI=1S/C12H22O/c1-3-5-6-8-11-9-7-10-12(11)13-4-2/h9,12H,3-8,10H2,1-2H3. The van der Waals surface area contributed by atoms with Crippen LogP contribution in [0.15, 0.2) is 11.6 Å². The van der Waals surface area contributed by atoms with Crippen LogP contribution in [0.2, 0.25) is 0 Å². The monoisotopic (exact) mass is 182 g/mol. The molecule has 1 aliphatic rings. The first-order chi connectivity index (χ1) is 6.38. The van der Waals surface area contributed by atoms with Gasteiger partial charge in [0.05, 0.1) is 6.10 Å². The summed E-state index contributed by atoms with van der Waals surface area (Å²) in [5.41, 5.74) is 1.57. The van der Waals surface area contributed by atoms with Gasteiger partial charge in [0.1, 0.15) is 0 Å². The van der Waals surface area contributed by atoms with E-state index in [1.165, 1.54) is 38.5 Å². The fraction of sp³-hybridized carbons (Fsp3) is 0.833. The largest absolute Gasteiger partial charge is 0.374 e. The molecule has 13 heavy (non-hydrogen) atoms. The van der Waals surface area contributed by atoms with Gasteiger partial charge in [-0.3, -0.25) is 0 Å². The van der Waals surface area contributed by atoms with Crippen molar-refractivity contribution in [3.05, 3.63) is 11.6 Å². The lowest BCUT2D eigenvalue weighted by Crippen LogP contribution is -2.11. The molecule has 1 atom stereocenters. The molecule has 0 aromatic rings. The van der Waals surface area contributed by atoms with Gasteiger partial charge in [-0.1, -0.05) is 25.8 Å². The van der Waals surface area contributed by atoms with E-state index in [1.807, 2.05) is 0 Å². The van der Waals surface area contributed by atoms with Crippen molar-refractivity contribution in [2.45, 2.75) is 58.5 Å². The van der Waals surface area contributed by atoms with Gasteiger partial charge >= 0.3 is 0 Å². The van der Waals surface area contributed by atoms with E-state index in [9.17, 15) is 0 Å². The van der Waals surface area contributed by atoms with Gasteiger partial charge in [0, 0.05) is 6.61 Å². The van der Waals surface area contributed by atoms with Crippen molar-refractivity contribution in [1.29, 1.82) is 0 Å². The smallest absolute Gasteiger partial charge is 0.0787 e. The number of ether oxygens (including phenoxy) is 1. The Kier molecular flexibility index (Phi) is 5.14. The summed E-state index contributed by atoms with van der Waals surface area (Å²) in [6, 6.07) is 0. The van der Waals surface area contributed by atoms with Gasteiger partial charge in [0.25, 0.3) is 0 Å². The zero-order valence-corrected chi connectivity index (χ0v) is 9.01. The molecule has 0 radical (unpaired) electrons. The maximum Gasteiger partial charge on any atom is 0.0787 e. The van der Waals surface area contributed by atoms with Crippen LogP contribution in [-0.2, 0) is 4.74 Å². The third-order valence-corrected chi connectivity index (χ3v) is 2.69. The molecule has 0 aromatic heterocycles. The van der Waals surface area contributed by atoms with Crippen molar-refractivity contribution in [2.75, 3.05) is 6.61 Å². The van der Waals surface area contributed by atoms with Gasteiger partial charge in [-0.2, -0.15) is 0 Å². The van der Waals surface area contributed by atoms with Gasteiger partial charge in [-0.25, -0.2) is 0 Å². The summed E-state index contributed by atoms with van der Waals surface area (Å²) in [5.74, 6) is 0. The Morgan fingerprint density at radius 1 is 1.38 bits per heavy atom. The Hall–Kier alpha value is -0.300. The van der Waals surface area contributed by atoms with E-state index in [4.69, 9.17) is 4.74 Å². The minimum atomic E-state index is 0.460. The predicted octanol–water partition coefficient (Wildman–Crippen LogP) is 3.69. The second-order valence-electron chi connectivity index (χ2n) is 3.76. The van der Waals surface area contributed by atoms with E-state index in [-0.39, 0.29) is 0 Å². The van der Waals surface area contributed by atoms with Gasteiger partial charge in [-0.15, -0.1) is 0 Å². The number of hydrogen-bond acceptors (Lipinski definition) is 1. The summed E-state index contributed by atoms with van der Waals surface area (Å²) in [6.45, 7) is 5.20. The molecule has 0 fully saturated rings. The van der Waals surface area contributed by atoms with Crippen molar-refractivity contribution in [3.63, 3.8) is 0 Å². The van der Waals surface area contributed by atoms with Crippen molar-refractivity contribution in [1.82, 2.24) is 0 Å². The lowest BCUT2D eigenvalue weighted by Gasteiger charge is -2.14. The average Bonchev–Trinajstić information content (AvgIpc) is 2.54. The Labute approximate surface area is 82.2 Å². The summed E-state index contributed by atoms with van der Waals surface area (Å²) < 4.78 is 5.68. The summed E-state index contributed by atoms with van der Waals surface area (Å²) in [5, 5.41) is 0. The first-order valence-corrected chi connectivity index (χ1v) is 5.69. The Bertz CT molecular complexity index is 161. The summed E-state index contributed by atoms with van der Waals surface area (Å²) in [4.78, 5) is 0. The Morgan fingerprint density at radius 2 is 2.23 bits per heavy atom. The van der Waals surface area contributed by atoms with E-state index in [0.717, 1.165) is 6.61 Å². The first-order valence-electron chi connectivity index (χ1n) is 5.69. The Morgan fingerprint density at radius 3 is 2.92 bits per heavy atom. The molecule has 0 saturated carbocycles. The molecule has 1 rings (SSSR count). The van der Waals surface area contributed by atoms with Crippen LogP contribution in [-0.4, -0.2) is 12.7 Å². The normalized spacial score (nSPS) is 22.0. The minimum Gasteiger partial charge on any atom is -0.374 e. The van der Waals surface area contributed by atoms with Crippen molar-refractivity contribution in [2.24, 2.45) is 0 Å². The van der Waals surface area contributed by atoms with Crippen LogP contribution in [0.25, 0.3) is 0 Å². The van der Waals surface area contributed by atoms with Crippen molar-refractivity contribution < 1.29 is 4.74 Å². The van der Waals surface area contributed by atoms with Crippen molar-refractivity contribution >= 4 is 0 Å². The molecule has 0 spiro atoms. The fourth-order valence-electron chi connectivity index (χ4n) is 1.97. The fourth-order valence-corrected chi connectivity index (χ4v) is 1.97. The molecule has 1 aliphatic carbocycles. The lowest BCUT2D eigenvalue weighted by atomic mass is 10.1. The third kappa shape index (κ3) is 3.51. The summed E-state index contributed by atoms with van der Waals surface area (Å²) in [6.07, 6.45) is 10.6. The highest BCUT2D eigenvalue weighted by Gasteiger charge is 2.18. The molecule has 76 valence electrons. The van der Waals surface area contributed by atoms with Crippen LogP contribution in [0, 0.1) is 0 Å². The predicted molar refractivity (Wildman–Crippen MR) is 56.9 cm³/mol. The summed E-state index contributed by atoms with van der Waals surface area (Å²) >= 11 is 0. The van der Waals surface area contributed by atoms with Gasteiger partial charge < -0.3 is 4.74 Å². The lowest BCUT2D eigenvalue weighted by molar-refractivity contribution is 0.0866. The summed E-state index contributed by atoms with van der Waals surface area (Å²) in [7, 11) is 0. The molecule has 0 bridgehead atoms. The second-order valence-corrected chi connectivity index (χ2v) is 3.76.